The van der Waals surface area contributed by atoms with Gasteiger partial charge < -0.3 is 24.8 Å². The minimum Gasteiger partial charge on any atom is -0.458 e. The molecular formula is C20H26O7. The Morgan fingerprint density at radius 3 is 2.74 bits per heavy atom. The molecule has 0 bridgehead atoms. The zero-order chi connectivity index (χ0) is 20.1. The molecule has 4 atom stereocenters. The molecule has 1 aliphatic heterocycles. The third kappa shape index (κ3) is 4.94. The predicted octanol–water partition coefficient (Wildman–Crippen LogP) is 0.954. The Bertz CT molecular complexity index is 701. The van der Waals surface area contributed by atoms with E-state index in [9.17, 15) is 19.8 Å². The standard InChI is InChI=1S/C20H26O7/c1-11-4-5-15(23)12(2)9-17-18(13(3)19(24)26-17)16(8-11)27-20(25)14(10-22)6-7-21/h4,6,9,15-18,21-23H,3,5,7-8,10H2,1-2H3/b11-4+,12-9+,14-6+/t15-,16+,17+,18+/m0/s1. The van der Waals surface area contributed by atoms with E-state index in [-0.39, 0.29) is 11.1 Å². The average molecular weight is 378 g/mol. The highest BCUT2D eigenvalue weighted by Crippen LogP contribution is 2.36. The Labute approximate surface area is 158 Å². The maximum absolute atomic E-state index is 12.4. The number of carbonyl (C=O) groups excluding carboxylic acids is 2. The minimum absolute atomic E-state index is 0.0641. The van der Waals surface area contributed by atoms with Crippen molar-refractivity contribution in [1.29, 1.82) is 0 Å². The van der Waals surface area contributed by atoms with Crippen LogP contribution in [0.3, 0.4) is 0 Å². The zero-order valence-corrected chi connectivity index (χ0v) is 15.6. The minimum atomic E-state index is -0.770. The second-order valence-electron chi connectivity index (χ2n) is 6.85. The molecule has 2 aliphatic rings. The maximum Gasteiger partial charge on any atom is 0.336 e. The monoisotopic (exact) mass is 378 g/mol. The first kappa shape index (κ1) is 21.1. The van der Waals surface area contributed by atoms with Crippen LogP contribution in [0, 0.1) is 5.92 Å². The van der Waals surface area contributed by atoms with Crippen molar-refractivity contribution in [3.63, 3.8) is 0 Å². The van der Waals surface area contributed by atoms with Crippen LogP contribution in [-0.2, 0) is 19.1 Å². The van der Waals surface area contributed by atoms with Crippen molar-refractivity contribution < 1.29 is 34.4 Å². The van der Waals surface area contributed by atoms with Crippen molar-refractivity contribution in [1.82, 2.24) is 0 Å². The number of rotatable bonds is 4. The van der Waals surface area contributed by atoms with Crippen LogP contribution in [-0.4, -0.2) is 58.8 Å². The molecule has 27 heavy (non-hydrogen) atoms. The molecule has 0 radical (unpaired) electrons. The first-order chi connectivity index (χ1) is 12.8. The number of carbonyl (C=O) groups is 2. The van der Waals surface area contributed by atoms with Crippen LogP contribution in [0.1, 0.15) is 26.7 Å². The summed E-state index contributed by atoms with van der Waals surface area (Å²) in [7, 11) is 0. The Kier molecular flexibility index (Phi) is 7.12. The third-order valence-electron chi connectivity index (χ3n) is 4.86. The smallest absolute Gasteiger partial charge is 0.336 e. The first-order valence-corrected chi connectivity index (χ1v) is 8.82. The van der Waals surface area contributed by atoms with Crippen LogP contribution < -0.4 is 0 Å². The quantitative estimate of drug-likeness (QED) is 0.379. The van der Waals surface area contributed by atoms with Crippen LogP contribution in [0.25, 0.3) is 0 Å². The second-order valence-corrected chi connectivity index (χ2v) is 6.85. The molecule has 2 rings (SSSR count). The molecular weight excluding hydrogens is 352 g/mol. The first-order valence-electron chi connectivity index (χ1n) is 8.82. The van der Waals surface area contributed by atoms with E-state index in [1.54, 1.807) is 13.0 Å². The van der Waals surface area contributed by atoms with Crippen LogP contribution in [0.4, 0.5) is 0 Å². The van der Waals surface area contributed by atoms with E-state index in [2.05, 4.69) is 6.58 Å². The summed E-state index contributed by atoms with van der Waals surface area (Å²) in [5.74, 6) is -1.95. The Morgan fingerprint density at radius 1 is 1.41 bits per heavy atom. The van der Waals surface area contributed by atoms with E-state index in [0.717, 1.165) is 5.57 Å². The van der Waals surface area contributed by atoms with Gasteiger partial charge >= 0.3 is 11.9 Å². The number of esters is 2. The largest absolute Gasteiger partial charge is 0.458 e. The van der Waals surface area contributed by atoms with Crippen molar-refractivity contribution >= 4 is 11.9 Å². The fourth-order valence-electron chi connectivity index (χ4n) is 3.23. The highest BCUT2D eigenvalue weighted by atomic mass is 16.6. The van der Waals surface area contributed by atoms with Crippen molar-refractivity contribution in [2.24, 2.45) is 5.92 Å². The summed E-state index contributed by atoms with van der Waals surface area (Å²) in [6, 6.07) is 0. The van der Waals surface area contributed by atoms with Crippen LogP contribution >= 0.6 is 0 Å². The van der Waals surface area contributed by atoms with E-state index in [1.807, 2.05) is 13.0 Å². The van der Waals surface area contributed by atoms with Gasteiger partial charge in [-0.1, -0.05) is 18.2 Å². The van der Waals surface area contributed by atoms with Gasteiger partial charge in [0, 0.05) is 12.0 Å². The highest BCUT2D eigenvalue weighted by Gasteiger charge is 2.44. The van der Waals surface area contributed by atoms with Gasteiger partial charge in [0.2, 0.25) is 0 Å². The molecule has 1 heterocycles. The molecule has 0 unspecified atom stereocenters. The summed E-state index contributed by atoms with van der Waals surface area (Å²) in [6.45, 7) is 6.41. The van der Waals surface area contributed by atoms with Gasteiger partial charge in [0.1, 0.15) is 12.2 Å². The van der Waals surface area contributed by atoms with Gasteiger partial charge in [-0.3, -0.25) is 0 Å². The molecule has 1 saturated heterocycles. The van der Waals surface area contributed by atoms with Crippen LogP contribution in [0.5, 0.6) is 0 Å². The van der Waals surface area contributed by atoms with E-state index >= 15 is 0 Å². The number of hydrogen-bond acceptors (Lipinski definition) is 7. The fourth-order valence-corrected chi connectivity index (χ4v) is 3.23. The lowest BCUT2D eigenvalue weighted by atomic mass is 9.85. The molecule has 0 amide bonds. The van der Waals surface area contributed by atoms with Crippen molar-refractivity contribution in [2.75, 3.05) is 13.2 Å². The lowest BCUT2D eigenvalue weighted by Crippen LogP contribution is -2.34. The van der Waals surface area contributed by atoms with E-state index in [0.29, 0.717) is 18.4 Å². The molecule has 0 saturated carbocycles. The Balaban J connectivity index is 2.40. The fraction of sp³-hybridized carbons (Fsp3) is 0.500. The second kappa shape index (κ2) is 9.12. The molecule has 0 aromatic heterocycles. The number of hydrogen-bond donors (Lipinski definition) is 3. The lowest BCUT2D eigenvalue weighted by molar-refractivity contribution is -0.147. The molecule has 1 aliphatic carbocycles. The topological polar surface area (TPSA) is 113 Å². The van der Waals surface area contributed by atoms with Crippen molar-refractivity contribution in [2.45, 2.75) is 45.0 Å². The number of aliphatic hydroxyl groups excluding tert-OH is 3. The normalized spacial score (nSPS) is 33.3. The summed E-state index contributed by atoms with van der Waals surface area (Å²) in [5, 5.41) is 28.5. The molecule has 0 spiro atoms. The number of aliphatic hydroxyl groups is 3. The van der Waals surface area contributed by atoms with E-state index in [4.69, 9.17) is 14.6 Å². The molecule has 0 aromatic carbocycles. The summed E-state index contributed by atoms with van der Waals surface area (Å²) in [4.78, 5) is 24.5. The maximum atomic E-state index is 12.4. The summed E-state index contributed by atoms with van der Waals surface area (Å²) < 4.78 is 11.0. The molecule has 1 fully saturated rings. The average Bonchev–Trinajstić information content (AvgIpc) is 2.89. The molecule has 3 N–H and O–H groups in total. The van der Waals surface area contributed by atoms with Gasteiger partial charge in [-0.2, -0.15) is 0 Å². The Hall–Kier alpha value is -2.22. The van der Waals surface area contributed by atoms with Gasteiger partial charge in [-0.05, 0) is 38.0 Å². The number of fused-ring (bicyclic) bond motifs is 1. The molecule has 7 nitrogen and oxygen atoms in total. The van der Waals surface area contributed by atoms with Crippen molar-refractivity contribution in [3.05, 3.63) is 47.1 Å². The van der Waals surface area contributed by atoms with Crippen molar-refractivity contribution in [3.8, 4) is 0 Å². The third-order valence-corrected chi connectivity index (χ3v) is 4.86. The van der Waals surface area contributed by atoms with Gasteiger partial charge in [-0.25, -0.2) is 9.59 Å². The molecule has 148 valence electrons. The van der Waals surface area contributed by atoms with Crippen LogP contribution in [0.15, 0.2) is 47.1 Å². The van der Waals surface area contributed by atoms with Gasteiger partial charge in [-0.15, -0.1) is 0 Å². The van der Waals surface area contributed by atoms with Gasteiger partial charge in [0.25, 0.3) is 0 Å². The van der Waals surface area contributed by atoms with Crippen LogP contribution in [0.2, 0.25) is 0 Å². The SMILES string of the molecule is C=C1C(=O)O[C@@H]2/C=C(\C)[C@@H](O)C/C=C(\C)C[C@@H](OC(=O)/C(=C/CO)CO)[C@@H]12. The number of ether oxygens (including phenoxy) is 2. The summed E-state index contributed by atoms with van der Waals surface area (Å²) >= 11 is 0. The summed E-state index contributed by atoms with van der Waals surface area (Å²) in [5.41, 5.74) is 1.66. The predicted molar refractivity (Wildman–Crippen MR) is 97.4 cm³/mol. The molecule has 0 aromatic rings. The highest BCUT2D eigenvalue weighted by molar-refractivity contribution is 5.92. The molecule has 7 heteroatoms. The van der Waals surface area contributed by atoms with E-state index in [1.165, 1.54) is 6.08 Å². The summed E-state index contributed by atoms with van der Waals surface area (Å²) in [6.07, 6.45) is 3.27. The van der Waals surface area contributed by atoms with Gasteiger partial charge in [0.15, 0.2) is 0 Å². The lowest BCUT2D eigenvalue weighted by Gasteiger charge is -2.28. The van der Waals surface area contributed by atoms with Gasteiger partial charge in [0.05, 0.1) is 30.8 Å². The zero-order valence-electron chi connectivity index (χ0n) is 15.6. The van der Waals surface area contributed by atoms with E-state index < -0.39 is 49.4 Å². The Morgan fingerprint density at radius 2 is 2.11 bits per heavy atom.